The van der Waals surface area contributed by atoms with E-state index in [2.05, 4.69) is 23.0 Å². The van der Waals surface area contributed by atoms with E-state index in [1.165, 1.54) is 0 Å². The van der Waals surface area contributed by atoms with E-state index in [0.717, 1.165) is 22.3 Å². The lowest BCUT2D eigenvalue weighted by Gasteiger charge is -2.13. The second kappa shape index (κ2) is 5.47. The third-order valence-electron chi connectivity index (χ3n) is 2.52. The van der Waals surface area contributed by atoms with Crippen molar-refractivity contribution in [3.63, 3.8) is 0 Å². The fourth-order valence-electron chi connectivity index (χ4n) is 1.84. The topological polar surface area (TPSA) is 51.8 Å². The highest BCUT2D eigenvalue weighted by atomic mass is 32.2. The molecule has 2 N–H and O–H groups in total. The van der Waals surface area contributed by atoms with Gasteiger partial charge in [0, 0.05) is 16.7 Å². The minimum atomic E-state index is 0.227. The summed E-state index contributed by atoms with van der Waals surface area (Å²) < 4.78 is 0. The normalized spacial score (nSPS) is 14.8. The third-order valence-corrected chi connectivity index (χ3v) is 3.67. The summed E-state index contributed by atoms with van der Waals surface area (Å²) in [5.41, 5.74) is 6.81. The summed E-state index contributed by atoms with van der Waals surface area (Å²) in [5.74, 6) is 0. The molecule has 2 unspecified atom stereocenters. The number of fused-ring (bicyclic) bond motifs is 1. The fraction of sp³-hybridized carbons (Fsp3) is 0.385. The van der Waals surface area contributed by atoms with Crippen molar-refractivity contribution in [3.8, 4) is 0 Å². The molecule has 0 aliphatic carbocycles. The SMILES string of the molecule is CC(N)CC(C)Sc1ncnc2ccccc12. The molecule has 1 aromatic carbocycles. The quantitative estimate of drug-likeness (QED) is 0.666. The molecule has 0 radical (unpaired) electrons. The number of para-hydroxylation sites is 1. The Labute approximate surface area is 106 Å². The Kier molecular flexibility index (Phi) is 3.97. The highest BCUT2D eigenvalue weighted by Gasteiger charge is 2.10. The number of nitrogens with two attached hydrogens (primary N) is 1. The second-order valence-electron chi connectivity index (χ2n) is 4.34. The van der Waals surface area contributed by atoms with E-state index in [9.17, 15) is 0 Å². The largest absolute Gasteiger partial charge is 0.328 e. The molecule has 2 atom stereocenters. The number of nitrogens with zero attached hydrogens (tertiary/aromatic N) is 2. The van der Waals surface area contributed by atoms with Gasteiger partial charge in [-0.25, -0.2) is 9.97 Å². The number of hydrogen-bond donors (Lipinski definition) is 1. The molecule has 3 nitrogen and oxygen atoms in total. The smallest absolute Gasteiger partial charge is 0.117 e. The van der Waals surface area contributed by atoms with Gasteiger partial charge in [0.1, 0.15) is 11.4 Å². The summed E-state index contributed by atoms with van der Waals surface area (Å²) in [4.78, 5) is 8.63. The van der Waals surface area contributed by atoms with E-state index < -0.39 is 0 Å². The van der Waals surface area contributed by atoms with Crippen LogP contribution in [0.2, 0.25) is 0 Å². The summed E-state index contributed by atoms with van der Waals surface area (Å²) >= 11 is 1.77. The molecule has 0 saturated heterocycles. The summed E-state index contributed by atoms with van der Waals surface area (Å²) in [6, 6.07) is 8.32. The zero-order valence-electron chi connectivity index (χ0n) is 10.1. The van der Waals surface area contributed by atoms with Crippen LogP contribution in [0.15, 0.2) is 35.6 Å². The maximum atomic E-state index is 5.81. The van der Waals surface area contributed by atoms with Crippen LogP contribution in [0.4, 0.5) is 0 Å². The Balaban J connectivity index is 2.24. The van der Waals surface area contributed by atoms with Gasteiger partial charge < -0.3 is 5.73 Å². The van der Waals surface area contributed by atoms with Crippen molar-refractivity contribution in [2.75, 3.05) is 0 Å². The highest BCUT2D eigenvalue weighted by Crippen LogP contribution is 2.29. The van der Waals surface area contributed by atoms with Crippen molar-refractivity contribution < 1.29 is 0 Å². The van der Waals surface area contributed by atoms with Crippen molar-refractivity contribution in [3.05, 3.63) is 30.6 Å². The average molecular weight is 247 g/mol. The predicted molar refractivity (Wildman–Crippen MR) is 73.1 cm³/mol. The van der Waals surface area contributed by atoms with Crippen LogP contribution in [0.25, 0.3) is 10.9 Å². The van der Waals surface area contributed by atoms with Crippen LogP contribution in [0.1, 0.15) is 20.3 Å². The zero-order chi connectivity index (χ0) is 12.3. The number of rotatable bonds is 4. The molecular weight excluding hydrogens is 230 g/mol. The molecule has 1 aromatic heterocycles. The lowest BCUT2D eigenvalue weighted by Crippen LogP contribution is -2.19. The first-order valence-electron chi connectivity index (χ1n) is 5.79. The summed E-state index contributed by atoms with van der Waals surface area (Å²) in [5, 5.41) is 2.63. The predicted octanol–water partition coefficient (Wildman–Crippen LogP) is 2.85. The van der Waals surface area contributed by atoms with Crippen molar-refractivity contribution in [1.82, 2.24) is 9.97 Å². The molecule has 0 aliphatic rings. The van der Waals surface area contributed by atoms with Crippen LogP contribution in [0.5, 0.6) is 0 Å². The van der Waals surface area contributed by atoms with Gasteiger partial charge in [0.2, 0.25) is 0 Å². The first kappa shape index (κ1) is 12.3. The van der Waals surface area contributed by atoms with E-state index >= 15 is 0 Å². The number of aromatic nitrogens is 2. The average Bonchev–Trinajstić information content (AvgIpc) is 2.28. The van der Waals surface area contributed by atoms with Crippen molar-refractivity contribution in [1.29, 1.82) is 0 Å². The Hall–Kier alpha value is -1.13. The number of hydrogen-bond acceptors (Lipinski definition) is 4. The molecule has 2 rings (SSSR count). The van der Waals surface area contributed by atoms with Crippen LogP contribution in [0, 0.1) is 0 Å². The van der Waals surface area contributed by atoms with Gasteiger partial charge in [0.25, 0.3) is 0 Å². The third kappa shape index (κ3) is 3.17. The Morgan fingerprint density at radius 3 is 2.76 bits per heavy atom. The Morgan fingerprint density at radius 2 is 2.00 bits per heavy atom. The van der Waals surface area contributed by atoms with E-state index in [1.54, 1.807) is 18.1 Å². The minimum Gasteiger partial charge on any atom is -0.328 e. The molecule has 0 bridgehead atoms. The summed E-state index contributed by atoms with van der Waals surface area (Å²) in [6.07, 6.45) is 2.62. The van der Waals surface area contributed by atoms with E-state index in [4.69, 9.17) is 5.73 Å². The fourth-order valence-corrected chi connectivity index (χ4v) is 3.02. The number of thioether (sulfide) groups is 1. The number of benzene rings is 1. The van der Waals surface area contributed by atoms with Crippen molar-refractivity contribution >= 4 is 22.7 Å². The molecule has 0 aliphatic heterocycles. The molecule has 4 heteroatoms. The maximum Gasteiger partial charge on any atom is 0.117 e. The van der Waals surface area contributed by atoms with Gasteiger partial charge in [-0.2, -0.15) is 0 Å². The van der Waals surface area contributed by atoms with Gasteiger partial charge in [-0.3, -0.25) is 0 Å². The van der Waals surface area contributed by atoms with Gasteiger partial charge in [0.15, 0.2) is 0 Å². The van der Waals surface area contributed by atoms with Crippen LogP contribution in [-0.4, -0.2) is 21.3 Å². The van der Waals surface area contributed by atoms with Gasteiger partial charge in [0.05, 0.1) is 5.52 Å². The molecular formula is C13H17N3S. The van der Waals surface area contributed by atoms with E-state index in [-0.39, 0.29) is 6.04 Å². The Bertz CT molecular complexity index is 493. The second-order valence-corrected chi connectivity index (χ2v) is 5.76. The van der Waals surface area contributed by atoms with Gasteiger partial charge in [-0.15, -0.1) is 11.8 Å². The molecule has 17 heavy (non-hydrogen) atoms. The lowest BCUT2D eigenvalue weighted by atomic mass is 10.2. The first-order chi connectivity index (χ1) is 8.16. The minimum absolute atomic E-state index is 0.227. The van der Waals surface area contributed by atoms with E-state index in [0.29, 0.717) is 5.25 Å². The van der Waals surface area contributed by atoms with Gasteiger partial charge >= 0.3 is 0 Å². The maximum absolute atomic E-state index is 5.81. The molecule has 0 saturated carbocycles. The highest BCUT2D eigenvalue weighted by molar-refractivity contribution is 8.00. The van der Waals surface area contributed by atoms with Crippen LogP contribution < -0.4 is 5.73 Å². The zero-order valence-corrected chi connectivity index (χ0v) is 10.9. The molecule has 90 valence electrons. The molecule has 0 amide bonds. The van der Waals surface area contributed by atoms with Crippen molar-refractivity contribution in [2.24, 2.45) is 5.73 Å². The Morgan fingerprint density at radius 1 is 1.24 bits per heavy atom. The lowest BCUT2D eigenvalue weighted by molar-refractivity contribution is 0.662. The molecule has 2 aromatic rings. The molecule has 0 spiro atoms. The van der Waals surface area contributed by atoms with Gasteiger partial charge in [-0.05, 0) is 19.4 Å². The standard InChI is InChI=1S/C13H17N3S/c1-9(14)7-10(2)17-13-11-5-3-4-6-12(11)15-8-16-13/h3-6,8-10H,7,14H2,1-2H3. The first-order valence-corrected chi connectivity index (χ1v) is 6.66. The van der Waals surface area contributed by atoms with Crippen LogP contribution in [-0.2, 0) is 0 Å². The van der Waals surface area contributed by atoms with E-state index in [1.807, 2.05) is 25.1 Å². The van der Waals surface area contributed by atoms with Gasteiger partial charge in [-0.1, -0.05) is 25.1 Å². The summed E-state index contributed by atoms with van der Waals surface area (Å²) in [6.45, 7) is 4.22. The van der Waals surface area contributed by atoms with Crippen LogP contribution in [0.3, 0.4) is 0 Å². The summed E-state index contributed by atoms with van der Waals surface area (Å²) in [7, 11) is 0. The van der Waals surface area contributed by atoms with Crippen molar-refractivity contribution in [2.45, 2.75) is 36.6 Å². The monoisotopic (exact) mass is 247 g/mol. The molecule has 0 fully saturated rings. The molecule has 1 heterocycles. The van der Waals surface area contributed by atoms with Crippen LogP contribution >= 0.6 is 11.8 Å².